The van der Waals surface area contributed by atoms with E-state index in [1.807, 2.05) is 5.01 Å². The van der Waals surface area contributed by atoms with Crippen LogP contribution in [0.2, 0.25) is 0 Å². The molecule has 1 rings (SSSR count). The average Bonchev–Trinajstić information content (AvgIpc) is 2.05. The lowest BCUT2D eigenvalue weighted by atomic mass is 10.4. The first kappa shape index (κ1) is 7.50. The Morgan fingerprint density at radius 2 is 2.10 bits per heavy atom. The number of nitrogens with one attached hydrogen (secondary N) is 1. The largest absolute Gasteiger partial charge is 0.314 e. The summed E-state index contributed by atoms with van der Waals surface area (Å²) in [6, 6.07) is 0. The molecule has 0 radical (unpaired) electrons. The highest BCUT2D eigenvalue weighted by molar-refractivity contribution is 5.45. The van der Waals surface area contributed by atoms with Crippen LogP contribution in [0.1, 0.15) is 0 Å². The van der Waals surface area contributed by atoms with E-state index >= 15 is 0 Å². The fourth-order valence-electron chi connectivity index (χ4n) is 1.04. The van der Waals surface area contributed by atoms with E-state index in [4.69, 9.17) is 0 Å². The van der Waals surface area contributed by atoms with Crippen molar-refractivity contribution in [1.29, 1.82) is 0 Å². The number of hydrogen-bond acceptors (Lipinski definition) is 3. The zero-order valence-electron chi connectivity index (χ0n) is 6.21. The Morgan fingerprint density at radius 3 is 2.60 bits per heavy atom. The number of hydrogen-bond donors (Lipinski definition) is 1. The summed E-state index contributed by atoms with van der Waals surface area (Å²) in [4.78, 5) is 10.3. The molecule has 58 valence electrons. The highest BCUT2D eigenvalue weighted by Gasteiger charge is 2.11. The van der Waals surface area contributed by atoms with Gasteiger partial charge in [-0.3, -0.25) is 9.80 Å². The third kappa shape index (κ3) is 1.68. The summed E-state index contributed by atoms with van der Waals surface area (Å²) in [5.74, 6) is 0. The molecular weight excluding hydrogens is 130 g/mol. The second kappa shape index (κ2) is 3.53. The van der Waals surface area contributed by atoms with Crippen molar-refractivity contribution in [3.8, 4) is 0 Å². The van der Waals surface area contributed by atoms with E-state index < -0.39 is 0 Å². The molecule has 0 unspecified atom stereocenters. The third-order valence-corrected chi connectivity index (χ3v) is 1.69. The van der Waals surface area contributed by atoms with Crippen molar-refractivity contribution in [1.82, 2.24) is 15.3 Å². The predicted octanol–water partition coefficient (Wildman–Crippen LogP) is -1.11. The first-order chi connectivity index (χ1) is 4.84. The van der Waals surface area contributed by atoms with Crippen molar-refractivity contribution in [2.24, 2.45) is 0 Å². The van der Waals surface area contributed by atoms with Crippen LogP contribution in [0.15, 0.2) is 0 Å². The van der Waals surface area contributed by atoms with Gasteiger partial charge in [-0.25, -0.2) is 5.01 Å². The fraction of sp³-hybridized carbons (Fsp3) is 0.833. The maximum Gasteiger partial charge on any atom is 0.223 e. The van der Waals surface area contributed by atoms with E-state index in [0.717, 1.165) is 32.6 Å². The lowest BCUT2D eigenvalue weighted by molar-refractivity contribution is -0.132. The molecule has 4 nitrogen and oxygen atoms in total. The molecule has 0 spiro atoms. The summed E-state index contributed by atoms with van der Waals surface area (Å²) in [5.41, 5.74) is 0. The molecule has 0 aliphatic carbocycles. The lowest BCUT2D eigenvalue weighted by Crippen LogP contribution is -2.50. The zero-order chi connectivity index (χ0) is 7.40. The van der Waals surface area contributed by atoms with E-state index in [-0.39, 0.29) is 0 Å². The van der Waals surface area contributed by atoms with Crippen molar-refractivity contribution in [2.45, 2.75) is 0 Å². The van der Waals surface area contributed by atoms with Gasteiger partial charge in [-0.1, -0.05) is 0 Å². The molecule has 1 heterocycles. The molecule has 0 saturated carbocycles. The van der Waals surface area contributed by atoms with Crippen molar-refractivity contribution >= 4 is 6.41 Å². The Kier molecular flexibility index (Phi) is 2.65. The SMILES string of the molecule is CN(C=O)N1CCNCC1. The van der Waals surface area contributed by atoms with Gasteiger partial charge in [0.1, 0.15) is 0 Å². The van der Waals surface area contributed by atoms with Crippen LogP contribution in [0.3, 0.4) is 0 Å². The van der Waals surface area contributed by atoms with Crippen LogP contribution in [0.25, 0.3) is 0 Å². The molecular formula is C6H13N3O. The molecule has 10 heavy (non-hydrogen) atoms. The van der Waals surface area contributed by atoms with Gasteiger partial charge in [-0.2, -0.15) is 0 Å². The second-order valence-corrected chi connectivity index (χ2v) is 2.38. The van der Waals surface area contributed by atoms with Gasteiger partial charge >= 0.3 is 0 Å². The zero-order valence-corrected chi connectivity index (χ0v) is 6.21. The molecule has 1 amide bonds. The van der Waals surface area contributed by atoms with Crippen molar-refractivity contribution < 1.29 is 4.79 Å². The van der Waals surface area contributed by atoms with Crippen LogP contribution < -0.4 is 5.32 Å². The summed E-state index contributed by atoms with van der Waals surface area (Å²) < 4.78 is 0. The van der Waals surface area contributed by atoms with E-state index in [0.29, 0.717) is 0 Å². The molecule has 0 atom stereocenters. The lowest BCUT2D eigenvalue weighted by Gasteiger charge is -2.32. The van der Waals surface area contributed by atoms with Crippen LogP contribution in [-0.2, 0) is 4.79 Å². The molecule has 1 aliphatic heterocycles. The topological polar surface area (TPSA) is 35.6 Å². The van der Waals surface area contributed by atoms with Crippen LogP contribution in [0, 0.1) is 0 Å². The Hall–Kier alpha value is -0.610. The van der Waals surface area contributed by atoms with Crippen LogP contribution in [-0.4, -0.2) is 49.7 Å². The monoisotopic (exact) mass is 143 g/mol. The number of hydrazine groups is 1. The normalized spacial score (nSPS) is 20.5. The molecule has 1 fully saturated rings. The molecule has 1 saturated heterocycles. The number of rotatable bonds is 2. The van der Waals surface area contributed by atoms with Crippen molar-refractivity contribution in [3.05, 3.63) is 0 Å². The van der Waals surface area contributed by atoms with Crippen LogP contribution in [0.4, 0.5) is 0 Å². The molecule has 4 heteroatoms. The van der Waals surface area contributed by atoms with Gasteiger partial charge < -0.3 is 5.32 Å². The standard InChI is InChI=1S/C6H13N3O/c1-8(6-10)9-4-2-7-3-5-9/h6-7H,2-5H2,1H3. The van der Waals surface area contributed by atoms with Gasteiger partial charge in [0.2, 0.25) is 6.41 Å². The molecule has 0 bridgehead atoms. The van der Waals surface area contributed by atoms with Gasteiger partial charge in [-0.05, 0) is 0 Å². The number of carbonyl (C=O) groups is 1. The summed E-state index contributed by atoms with van der Waals surface area (Å²) in [5, 5.41) is 6.82. The number of nitrogens with zero attached hydrogens (tertiary/aromatic N) is 2. The Balaban J connectivity index is 2.30. The maximum absolute atomic E-state index is 10.3. The number of carbonyl (C=O) groups excluding carboxylic acids is 1. The second-order valence-electron chi connectivity index (χ2n) is 2.38. The first-order valence-electron chi connectivity index (χ1n) is 3.48. The molecule has 1 N–H and O–H groups in total. The summed E-state index contributed by atoms with van der Waals surface area (Å²) in [7, 11) is 1.78. The first-order valence-corrected chi connectivity index (χ1v) is 3.48. The minimum atomic E-state index is 0.839. The van der Waals surface area contributed by atoms with Crippen molar-refractivity contribution in [2.75, 3.05) is 33.2 Å². The Bertz CT molecular complexity index is 112. The van der Waals surface area contributed by atoms with Gasteiger partial charge in [0.15, 0.2) is 0 Å². The Morgan fingerprint density at radius 1 is 1.50 bits per heavy atom. The minimum absolute atomic E-state index is 0.839. The molecule has 0 aromatic rings. The van der Waals surface area contributed by atoms with Gasteiger partial charge in [0, 0.05) is 33.2 Å². The fourth-order valence-corrected chi connectivity index (χ4v) is 1.04. The maximum atomic E-state index is 10.3. The highest BCUT2D eigenvalue weighted by Crippen LogP contribution is 1.92. The van der Waals surface area contributed by atoms with Crippen LogP contribution >= 0.6 is 0 Å². The quantitative estimate of drug-likeness (QED) is 0.498. The summed E-state index contributed by atoms with van der Waals surface area (Å²) >= 11 is 0. The summed E-state index contributed by atoms with van der Waals surface area (Å²) in [6.45, 7) is 3.79. The number of amides is 1. The van der Waals surface area contributed by atoms with Crippen LogP contribution in [0.5, 0.6) is 0 Å². The van der Waals surface area contributed by atoms with Crippen molar-refractivity contribution in [3.63, 3.8) is 0 Å². The Labute approximate surface area is 60.8 Å². The van der Waals surface area contributed by atoms with Gasteiger partial charge in [0.05, 0.1) is 0 Å². The molecule has 0 aromatic heterocycles. The third-order valence-electron chi connectivity index (χ3n) is 1.69. The molecule has 0 aromatic carbocycles. The number of piperazine rings is 1. The average molecular weight is 143 g/mol. The minimum Gasteiger partial charge on any atom is -0.314 e. The smallest absolute Gasteiger partial charge is 0.223 e. The summed E-state index contributed by atoms with van der Waals surface area (Å²) in [6.07, 6.45) is 0.839. The van der Waals surface area contributed by atoms with E-state index in [2.05, 4.69) is 5.32 Å². The van der Waals surface area contributed by atoms with E-state index in [1.54, 1.807) is 12.1 Å². The molecule has 1 aliphatic rings. The van der Waals surface area contributed by atoms with E-state index in [9.17, 15) is 4.79 Å². The predicted molar refractivity (Wildman–Crippen MR) is 38.3 cm³/mol. The van der Waals surface area contributed by atoms with Gasteiger partial charge in [-0.15, -0.1) is 0 Å². The van der Waals surface area contributed by atoms with E-state index in [1.165, 1.54) is 0 Å². The highest BCUT2D eigenvalue weighted by atomic mass is 16.1. The van der Waals surface area contributed by atoms with Gasteiger partial charge in [0.25, 0.3) is 0 Å².